The molecule has 1 atom stereocenters. The van der Waals surface area contributed by atoms with Crippen LogP contribution in [0.3, 0.4) is 0 Å². The largest absolute Gasteiger partial charge is 0.497 e. The maximum absolute atomic E-state index is 11.8. The molecule has 4 nitrogen and oxygen atoms in total. The van der Waals surface area contributed by atoms with Gasteiger partial charge in [0.15, 0.2) is 0 Å². The summed E-state index contributed by atoms with van der Waals surface area (Å²) in [4.78, 5) is 11.8. The smallest absolute Gasteiger partial charge is 0.241 e. The molecular weight excluding hydrogens is 296 g/mol. The number of carbonyl (C=O) groups is 1. The van der Waals surface area contributed by atoms with Crippen molar-refractivity contribution in [2.45, 2.75) is 32.2 Å². The Morgan fingerprint density at radius 1 is 1.50 bits per heavy atom. The average molecular weight is 315 g/mol. The first-order chi connectivity index (χ1) is 8.56. The van der Waals surface area contributed by atoms with E-state index < -0.39 is 6.04 Å². The van der Waals surface area contributed by atoms with E-state index in [9.17, 15) is 4.79 Å². The number of anilines is 1. The van der Waals surface area contributed by atoms with Crippen LogP contribution in [-0.2, 0) is 4.79 Å². The number of benzene rings is 1. The molecule has 1 aromatic rings. The first-order valence-corrected chi connectivity index (χ1v) is 6.77. The van der Waals surface area contributed by atoms with Crippen molar-refractivity contribution < 1.29 is 9.53 Å². The molecular formula is C13H19BrN2O2. The fourth-order valence-corrected chi connectivity index (χ4v) is 2.02. The predicted octanol–water partition coefficient (Wildman–Crippen LogP) is 2.91. The van der Waals surface area contributed by atoms with E-state index in [0.717, 1.165) is 17.3 Å². The zero-order chi connectivity index (χ0) is 13.5. The van der Waals surface area contributed by atoms with Crippen LogP contribution in [0.5, 0.6) is 5.75 Å². The van der Waals surface area contributed by atoms with E-state index in [1.807, 2.05) is 12.1 Å². The second-order valence-electron chi connectivity index (χ2n) is 4.12. The minimum atomic E-state index is -0.463. The zero-order valence-electron chi connectivity index (χ0n) is 10.7. The number of nitrogens with one attached hydrogen (secondary N) is 1. The number of hydrogen-bond acceptors (Lipinski definition) is 3. The van der Waals surface area contributed by atoms with Gasteiger partial charge in [-0.15, -0.1) is 0 Å². The van der Waals surface area contributed by atoms with Gasteiger partial charge in [-0.2, -0.15) is 0 Å². The molecule has 18 heavy (non-hydrogen) atoms. The van der Waals surface area contributed by atoms with Crippen molar-refractivity contribution in [3.05, 3.63) is 22.7 Å². The molecule has 0 spiro atoms. The third-order valence-electron chi connectivity index (χ3n) is 2.58. The molecule has 0 aliphatic carbocycles. The van der Waals surface area contributed by atoms with Crippen molar-refractivity contribution in [3.63, 3.8) is 0 Å². The molecule has 0 aromatic heterocycles. The number of unbranched alkanes of at least 4 members (excludes halogenated alkanes) is 1. The van der Waals surface area contributed by atoms with Crippen molar-refractivity contribution in [3.8, 4) is 5.75 Å². The quantitative estimate of drug-likeness (QED) is 0.848. The number of halogens is 1. The monoisotopic (exact) mass is 314 g/mol. The van der Waals surface area contributed by atoms with E-state index >= 15 is 0 Å². The number of hydrogen-bond donors (Lipinski definition) is 2. The van der Waals surface area contributed by atoms with Crippen LogP contribution in [0.1, 0.15) is 26.2 Å². The van der Waals surface area contributed by atoms with Gasteiger partial charge in [-0.25, -0.2) is 0 Å². The van der Waals surface area contributed by atoms with Gasteiger partial charge in [-0.1, -0.05) is 35.7 Å². The normalized spacial score (nSPS) is 12.0. The number of amides is 1. The highest BCUT2D eigenvalue weighted by molar-refractivity contribution is 9.10. The van der Waals surface area contributed by atoms with Crippen LogP contribution in [0, 0.1) is 0 Å². The number of nitrogens with two attached hydrogens (primary N) is 1. The van der Waals surface area contributed by atoms with E-state index in [1.54, 1.807) is 13.2 Å². The van der Waals surface area contributed by atoms with Crippen molar-refractivity contribution in [1.82, 2.24) is 0 Å². The van der Waals surface area contributed by atoms with Crippen LogP contribution in [0.4, 0.5) is 5.69 Å². The Balaban J connectivity index is 2.66. The third kappa shape index (κ3) is 4.66. The van der Waals surface area contributed by atoms with E-state index in [-0.39, 0.29) is 5.91 Å². The lowest BCUT2D eigenvalue weighted by Crippen LogP contribution is -2.35. The Bertz CT molecular complexity index is 410. The fraction of sp³-hybridized carbons (Fsp3) is 0.462. The molecule has 0 fully saturated rings. The summed E-state index contributed by atoms with van der Waals surface area (Å²) in [6.45, 7) is 2.07. The molecule has 1 unspecified atom stereocenters. The van der Waals surface area contributed by atoms with Crippen LogP contribution < -0.4 is 15.8 Å². The summed E-state index contributed by atoms with van der Waals surface area (Å²) in [6.07, 6.45) is 2.69. The van der Waals surface area contributed by atoms with Gasteiger partial charge < -0.3 is 15.8 Å². The van der Waals surface area contributed by atoms with E-state index in [4.69, 9.17) is 10.5 Å². The molecule has 100 valence electrons. The Hall–Kier alpha value is -1.07. The molecule has 0 aliphatic heterocycles. The van der Waals surface area contributed by atoms with Crippen molar-refractivity contribution >= 4 is 27.5 Å². The molecule has 0 saturated carbocycles. The lowest BCUT2D eigenvalue weighted by Gasteiger charge is -2.12. The number of carbonyl (C=O) groups excluding carboxylic acids is 1. The summed E-state index contributed by atoms with van der Waals surface area (Å²) in [5, 5.41) is 2.79. The van der Waals surface area contributed by atoms with Gasteiger partial charge in [0.05, 0.1) is 13.2 Å². The van der Waals surface area contributed by atoms with E-state index in [0.29, 0.717) is 17.9 Å². The third-order valence-corrected chi connectivity index (χ3v) is 3.04. The topological polar surface area (TPSA) is 64.4 Å². The summed E-state index contributed by atoms with van der Waals surface area (Å²) >= 11 is 3.36. The van der Waals surface area contributed by atoms with Crippen molar-refractivity contribution in [2.24, 2.45) is 5.73 Å². The molecule has 0 bridgehead atoms. The van der Waals surface area contributed by atoms with E-state index in [2.05, 4.69) is 28.2 Å². The molecule has 5 heteroatoms. The molecule has 1 aromatic carbocycles. The van der Waals surface area contributed by atoms with Crippen LogP contribution in [0.25, 0.3) is 0 Å². The summed E-state index contributed by atoms with van der Waals surface area (Å²) < 4.78 is 5.98. The summed E-state index contributed by atoms with van der Waals surface area (Å²) in [7, 11) is 1.58. The van der Waals surface area contributed by atoms with E-state index in [1.165, 1.54) is 0 Å². The molecule has 0 saturated heterocycles. The van der Waals surface area contributed by atoms with Gasteiger partial charge in [0.1, 0.15) is 5.75 Å². The molecule has 0 heterocycles. The lowest BCUT2D eigenvalue weighted by molar-refractivity contribution is -0.117. The van der Waals surface area contributed by atoms with Gasteiger partial charge in [-0.05, 0) is 18.6 Å². The fourth-order valence-electron chi connectivity index (χ4n) is 1.54. The van der Waals surface area contributed by atoms with Gasteiger partial charge in [0, 0.05) is 16.2 Å². The number of rotatable bonds is 6. The SMILES string of the molecule is CCCCC(N)C(=O)Nc1cc(Br)cc(OC)c1. The van der Waals surface area contributed by atoms with Gasteiger partial charge >= 0.3 is 0 Å². The number of methoxy groups -OCH3 is 1. The summed E-state index contributed by atoms with van der Waals surface area (Å²) in [5.74, 6) is 0.519. The maximum Gasteiger partial charge on any atom is 0.241 e. The Morgan fingerprint density at radius 3 is 2.83 bits per heavy atom. The van der Waals surface area contributed by atoms with Crippen LogP contribution >= 0.6 is 15.9 Å². The summed E-state index contributed by atoms with van der Waals surface area (Å²) in [6, 6.07) is 4.93. The molecule has 3 N–H and O–H groups in total. The second-order valence-corrected chi connectivity index (χ2v) is 5.03. The molecule has 1 amide bonds. The van der Waals surface area contributed by atoms with Crippen LogP contribution in [0.2, 0.25) is 0 Å². The maximum atomic E-state index is 11.8. The average Bonchev–Trinajstić information content (AvgIpc) is 2.34. The Labute approximate surface area is 116 Å². The lowest BCUT2D eigenvalue weighted by atomic mass is 10.1. The zero-order valence-corrected chi connectivity index (χ0v) is 12.3. The number of ether oxygens (including phenoxy) is 1. The predicted molar refractivity (Wildman–Crippen MR) is 76.8 cm³/mol. The Morgan fingerprint density at radius 2 is 2.22 bits per heavy atom. The minimum absolute atomic E-state index is 0.163. The van der Waals surface area contributed by atoms with Gasteiger partial charge in [-0.3, -0.25) is 4.79 Å². The van der Waals surface area contributed by atoms with Crippen LogP contribution in [0.15, 0.2) is 22.7 Å². The highest BCUT2D eigenvalue weighted by atomic mass is 79.9. The second kappa shape index (κ2) is 7.38. The highest BCUT2D eigenvalue weighted by Gasteiger charge is 2.13. The first kappa shape index (κ1) is 15.0. The molecule has 0 radical (unpaired) electrons. The summed E-state index contributed by atoms with van der Waals surface area (Å²) in [5.41, 5.74) is 6.48. The standard InChI is InChI=1S/C13H19BrN2O2/c1-3-4-5-12(15)13(17)16-10-6-9(14)7-11(8-10)18-2/h6-8,12H,3-5,15H2,1-2H3,(H,16,17). The first-order valence-electron chi connectivity index (χ1n) is 5.97. The Kier molecular flexibility index (Phi) is 6.15. The van der Waals surface area contributed by atoms with Crippen molar-refractivity contribution in [1.29, 1.82) is 0 Å². The molecule has 0 aliphatic rings. The van der Waals surface area contributed by atoms with Gasteiger partial charge in [0.2, 0.25) is 5.91 Å². The van der Waals surface area contributed by atoms with Crippen molar-refractivity contribution in [2.75, 3.05) is 12.4 Å². The van der Waals surface area contributed by atoms with Crippen LogP contribution in [-0.4, -0.2) is 19.1 Å². The van der Waals surface area contributed by atoms with Gasteiger partial charge in [0.25, 0.3) is 0 Å². The molecule has 1 rings (SSSR count). The minimum Gasteiger partial charge on any atom is -0.497 e. The highest BCUT2D eigenvalue weighted by Crippen LogP contribution is 2.24.